The van der Waals surface area contributed by atoms with Gasteiger partial charge in [-0.2, -0.15) is 0 Å². The molecule has 1 atom stereocenters. The fraction of sp³-hybridized carbons (Fsp3) is 0.722. The molecule has 1 aliphatic rings. The van der Waals surface area contributed by atoms with Crippen molar-refractivity contribution in [3.05, 3.63) is 24.0 Å². The molecule has 0 saturated heterocycles. The van der Waals surface area contributed by atoms with Crippen molar-refractivity contribution >= 4 is 0 Å². The van der Waals surface area contributed by atoms with E-state index in [4.69, 9.17) is 4.74 Å². The largest absolute Gasteiger partial charge is 0.489 e. The first-order valence-electron chi connectivity index (χ1n) is 8.58. The molecule has 1 N–H and O–H groups in total. The number of aromatic nitrogens is 1. The van der Waals surface area contributed by atoms with Gasteiger partial charge in [0.2, 0.25) is 0 Å². The quantitative estimate of drug-likeness (QED) is 0.803. The van der Waals surface area contributed by atoms with E-state index >= 15 is 0 Å². The fourth-order valence-corrected chi connectivity index (χ4v) is 2.98. The second kappa shape index (κ2) is 8.38. The summed E-state index contributed by atoms with van der Waals surface area (Å²) in [5.41, 5.74) is 1.12. The van der Waals surface area contributed by atoms with Gasteiger partial charge in [-0.05, 0) is 63.1 Å². The van der Waals surface area contributed by atoms with E-state index in [-0.39, 0.29) is 0 Å². The van der Waals surface area contributed by atoms with Gasteiger partial charge in [-0.25, -0.2) is 0 Å². The molecule has 1 heterocycles. The number of nitrogens with one attached hydrogen (secondary N) is 1. The summed E-state index contributed by atoms with van der Waals surface area (Å²) >= 11 is 0. The molecule has 0 spiro atoms. The van der Waals surface area contributed by atoms with Crippen LogP contribution in [0.1, 0.15) is 71.0 Å². The summed E-state index contributed by atoms with van der Waals surface area (Å²) in [6.45, 7) is 7.76. The van der Waals surface area contributed by atoms with Crippen LogP contribution >= 0.6 is 0 Å². The minimum atomic E-state index is 0.356. The fourth-order valence-electron chi connectivity index (χ4n) is 2.98. The lowest BCUT2D eigenvalue weighted by Crippen LogP contribution is -2.24. The van der Waals surface area contributed by atoms with Gasteiger partial charge in [0, 0.05) is 6.04 Å². The topological polar surface area (TPSA) is 34.1 Å². The Labute approximate surface area is 129 Å². The summed E-state index contributed by atoms with van der Waals surface area (Å²) in [7, 11) is 0. The Kier molecular flexibility index (Phi) is 6.50. The predicted molar refractivity (Wildman–Crippen MR) is 87.6 cm³/mol. The molecular formula is C18H30N2O. The highest BCUT2D eigenvalue weighted by molar-refractivity contribution is 5.22. The van der Waals surface area contributed by atoms with Crippen LogP contribution in [-0.4, -0.2) is 17.6 Å². The molecule has 0 aromatic carbocycles. The van der Waals surface area contributed by atoms with Crippen LogP contribution in [0.2, 0.25) is 0 Å². The zero-order valence-corrected chi connectivity index (χ0v) is 13.8. The zero-order valence-electron chi connectivity index (χ0n) is 13.8. The maximum absolute atomic E-state index is 6.07. The van der Waals surface area contributed by atoms with Gasteiger partial charge < -0.3 is 10.1 Å². The minimum absolute atomic E-state index is 0.356. The van der Waals surface area contributed by atoms with E-state index in [1.807, 2.05) is 6.20 Å². The standard InChI is InChI=1S/C18H30N2O/c1-4-12-19-17(5-2)18-11-10-16(13-20-18)21-15-8-6-14(3)7-9-15/h10-11,13-15,17,19H,4-9,12H2,1-3H3. The highest BCUT2D eigenvalue weighted by atomic mass is 16.5. The number of nitrogens with zero attached hydrogens (tertiary/aromatic N) is 1. The average molecular weight is 290 g/mol. The molecule has 2 rings (SSSR count). The first kappa shape index (κ1) is 16.3. The van der Waals surface area contributed by atoms with Crippen molar-refractivity contribution in [2.45, 2.75) is 71.4 Å². The highest BCUT2D eigenvalue weighted by Gasteiger charge is 2.19. The first-order valence-corrected chi connectivity index (χ1v) is 8.58. The molecule has 21 heavy (non-hydrogen) atoms. The molecule has 0 aliphatic heterocycles. The Bertz CT molecular complexity index is 396. The maximum atomic E-state index is 6.07. The third-order valence-electron chi connectivity index (χ3n) is 4.43. The predicted octanol–water partition coefficient (Wildman–Crippen LogP) is 4.49. The van der Waals surface area contributed by atoms with Gasteiger partial charge in [0.05, 0.1) is 18.0 Å². The van der Waals surface area contributed by atoms with E-state index in [0.717, 1.165) is 36.7 Å². The summed E-state index contributed by atoms with van der Waals surface area (Å²) in [6, 6.07) is 4.54. The second-order valence-corrected chi connectivity index (χ2v) is 6.33. The molecule has 3 heteroatoms. The van der Waals surface area contributed by atoms with Gasteiger partial charge in [0.25, 0.3) is 0 Å². The van der Waals surface area contributed by atoms with Crippen molar-refractivity contribution < 1.29 is 4.74 Å². The monoisotopic (exact) mass is 290 g/mol. The molecule has 1 aromatic rings. The Balaban J connectivity index is 1.88. The Hall–Kier alpha value is -1.09. The van der Waals surface area contributed by atoms with Crippen LogP contribution in [0.5, 0.6) is 5.75 Å². The van der Waals surface area contributed by atoms with Crippen molar-refractivity contribution in [3.8, 4) is 5.75 Å². The van der Waals surface area contributed by atoms with Gasteiger partial charge in [0.1, 0.15) is 5.75 Å². The van der Waals surface area contributed by atoms with Crippen LogP contribution in [0.4, 0.5) is 0 Å². The van der Waals surface area contributed by atoms with E-state index in [1.54, 1.807) is 0 Å². The minimum Gasteiger partial charge on any atom is -0.489 e. The van der Waals surface area contributed by atoms with E-state index in [9.17, 15) is 0 Å². The van der Waals surface area contributed by atoms with Crippen LogP contribution in [0.3, 0.4) is 0 Å². The third-order valence-corrected chi connectivity index (χ3v) is 4.43. The molecule has 1 aromatic heterocycles. The molecule has 1 saturated carbocycles. The Morgan fingerprint density at radius 1 is 1.24 bits per heavy atom. The van der Waals surface area contributed by atoms with Crippen molar-refractivity contribution in [1.29, 1.82) is 0 Å². The average Bonchev–Trinajstić information content (AvgIpc) is 2.52. The SMILES string of the molecule is CCCNC(CC)c1ccc(OC2CCC(C)CC2)cn1. The number of pyridine rings is 1. The molecule has 0 bridgehead atoms. The summed E-state index contributed by atoms with van der Waals surface area (Å²) in [6.07, 6.45) is 9.42. The Morgan fingerprint density at radius 2 is 2.00 bits per heavy atom. The van der Waals surface area contributed by atoms with Gasteiger partial charge in [-0.1, -0.05) is 20.8 Å². The zero-order chi connectivity index (χ0) is 15.1. The molecule has 1 aliphatic carbocycles. The van der Waals surface area contributed by atoms with Gasteiger partial charge in [-0.3, -0.25) is 4.98 Å². The third kappa shape index (κ3) is 4.99. The summed E-state index contributed by atoms with van der Waals surface area (Å²) < 4.78 is 6.07. The number of hydrogen-bond donors (Lipinski definition) is 1. The van der Waals surface area contributed by atoms with Crippen LogP contribution in [0, 0.1) is 5.92 Å². The molecule has 0 amide bonds. The van der Waals surface area contributed by atoms with Gasteiger partial charge in [-0.15, -0.1) is 0 Å². The number of rotatable bonds is 7. The molecule has 3 nitrogen and oxygen atoms in total. The maximum Gasteiger partial charge on any atom is 0.138 e. The number of ether oxygens (including phenoxy) is 1. The lowest BCUT2D eigenvalue weighted by atomic mass is 9.89. The first-order chi connectivity index (χ1) is 10.2. The summed E-state index contributed by atoms with van der Waals surface area (Å²) in [5.74, 6) is 1.78. The van der Waals surface area contributed by atoms with Crippen LogP contribution in [-0.2, 0) is 0 Å². The van der Waals surface area contributed by atoms with Crippen LogP contribution < -0.4 is 10.1 Å². The van der Waals surface area contributed by atoms with E-state index in [2.05, 4.69) is 43.2 Å². The van der Waals surface area contributed by atoms with Crippen molar-refractivity contribution in [3.63, 3.8) is 0 Å². The highest BCUT2D eigenvalue weighted by Crippen LogP contribution is 2.27. The normalized spacial score (nSPS) is 23.8. The van der Waals surface area contributed by atoms with Crippen LogP contribution in [0.15, 0.2) is 18.3 Å². The van der Waals surface area contributed by atoms with Crippen molar-refractivity contribution in [1.82, 2.24) is 10.3 Å². The molecule has 1 unspecified atom stereocenters. The van der Waals surface area contributed by atoms with Gasteiger partial charge in [0.15, 0.2) is 0 Å². The van der Waals surface area contributed by atoms with Crippen LogP contribution in [0.25, 0.3) is 0 Å². The van der Waals surface area contributed by atoms with E-state index < -0.39 is 0 Å². The lowest BCUT2D eigenvalue weighted by Gasteiger charge is -2.26. The molecule has 118 valence electrons. The van der Waals surface area contributed by atoms with Crippen molar-refractivity contribution in [2.24, 2.45) is 5.92 Å². The molecule has 1 fully saturated rings. The Morgan fingerprint density at radius 3 is 2.57 bits per heavy atom. The molecular weight excluding hydrogens is 260 g/mol. The van der Waals surface area contributed by atoms with E-state index in [1.165, 1.54) is 25.7 Å². The van der Waals surface area contributed by atoms with Crippen molar-refractivity contribution in [2.75, 3.05) is 6.54 Å². The van der Waals surface area contributed by atoms with Gasteiger partial charge >= 0.3 is 0 Å². The lowest BCUT2D eigenvalue weighted by molar-refractivity contribution is 0.135. The molecule has 0 radical (unpaired) electrons. The van der Waals surface area contributed by atoms with E-state index in [0.29, 0.717) is 12.1 Å². The second-order valence-electron chi connectivity index (χ2n) is 6.33. The summed E-state index contributed by atoms with van der Waals surface area (Å²) in [5, 5.41) is 3.54. The summed E-state index contributed by atoms with van der Waals surface area (Å²) in [4.78, 5) is 4.60. The smallest absolute Gasteiger partial charge is 0.138 e. The number of hydrogen-bond acceptors (Lipinski definition) is 3.